The maximum absolute atomic E-state index is 14.9. The molecule has 4 heterocycles. The molecule has 0 unspecified atom stereocenters. The highest BCUT2D eigenvalue weighted by atomic mass is 32.1. The van der Waals surface area contributed by atoms with Crippen molar-refractivity contribution < 1.29 is 28.6 Å². The summed E-state index contributed by atoms with van der Waals surface area (Å²) in [7, 11) is 1.68. The van der Waals surface area contributed by atoms with Crippen LogP contribution in [0.15, 0.2) is 54.9 Å². The van der Waals surface area contributed by atoms with E-state index in [1.165, 1.54) is 23.5 Å². The number of benzene rings is 1. The highest BCUT2D eigenvalue weighted by Gasteiger charge is 2.28. The van der Waals surface area contributed by atoms with Crippen LogP contribution in [0.4, 0.5) is 14.9 Å². The molecule has 2 fully saturated rings. The van der Waals surface area contributed by atoms with Crippen LogP contribution in [0.1, 0.15) is 36.0 Å². The smallest absolute Gasteiger partial charge is 0.319 e. The number of fused-ring (bicyclic) bond motifs is 1. The van der Waals surface area contributed by atoms with E-state index in [4.69, 9.17) is 9.84 Å². The second-order valence-electron chi connectivity index (χ2n) is 10.9. The van der Waals surface area contributed by atoms with E-state index < -0.39 is 12.4 Å². The molecule has 1 aliphatic carbocycles. The molecule has 2 aliphatic rings. The van der Waals surface area contributed by atoms with Crippen LogP contribution in [-0.4, -0.2) is 81.5 Å². The summed E-state index contributed by atoms with van der Waals surface area (Å²) >= 11 is 1.39. The number of urea groups is 1. The highest BCUT2D eigenvalue weighted by molar-refractivity contribution is 7.22. The van der Waals surface area contributed by atoms with Gasteiger partial charge in [0.2, 0.25) is 5.91 Å². The van der Waals surface area contributed by atoms with E-state index in [9.17, 15) is 18.8 Å². The fourth-order valence-corrected chi connectivity index (χ4v) is 6.14. The van der Waals surface area contributed by atoms with Crippen LogP contribution in [0.2, 0.25) is 0 Å². The molecule has 228 valence electrons. The number of anilines is 1. The lowest BCUT2D eigenvalue weighted by Crippen LogP contribution is -2.47. The van der Waals surface area contributed by atoms with Crippen LogP contribution < -0.4 is 15.4 Å². The van der Waals surface area contributed by atoms with Gasteiger partial charge in [0.15, 0.2) is 11.6 Å². The zero-order valence-corrected chi connectivity index (χ0v) is 24.8. The van der Waals surface area contributed by atoms with Crippen molar-refractivity contribution in [3.8, 4) is 22.1 Å². The van der Waals surface area contributed by atoms with E-state index in [0.717, 1.165) is 17.7 Å². The summed E-state index contributed by atoms with van der Waals surface area (Å²) in [6.07, 6.45) is 6.33. The number of amides is 4. The standard InChI is InChI=1S/C31H31FN6O5S/c1-37(28(40)17-39)21-9-12-38(13-10-21)30(41)18-2-6-23(34-16-18)27-15-24-29(44-27)26(8-11-33-24)43-25-7-5-20(14-22(25)32)36-31(42)35-19-3-4-19/h2,5-8,11,14-16,19,21,39H,3-4,9-10,12-13,17H2,1H3,(H2,35,36,42). The molecule has 44 heavy (non-hydrogen) atoms. The number of hydrogen-bond acceptors (Lipinski definition) is 8. The largest absolute Gasteiger partial charge is 0.453 e. The van der Waals surface area contributed by atoms with Gasteiger partial charge in [0.1, 0.15) is 12.4 Å². The minimum Gasteiger partial charge on any atom is -0.453 e. The normalized spacial score (nSPS) is 15.2. The summed E-state index contributed by atoms with van der Waals surface area (Å²) in [5.41, 5.74) is 2.11. The van der Waals surface area contributed by atoms with Gasteiger partial charge in [-0.2, -0.15) is 0 Å². The van der Waals surface area contributed by atoms with Gasteiger partial charge < -0.3 is 30.3 Å². The maximum atomic E-state index is 14.9. The number of carbonyl (C=O) groups excluding carboxylic acids is 3. The average Bonchev–Trinajstić information content (AvgIpc) is 3.74. The van der Waals surface area contributed by atoms with E-state index in [1.807, 2.05) is 6.07 Å². The third kappa shape index (κ3) is 6.48. The first-order chi connectivity index (χ1) is 21.3. The summed E-state index contributed by atoms with van der Waals surface area (Å²) in [4.78, 5) is 49.9. The zero-order valence-electron chi connectivity index (χ0n) is 24.0. The molecule has 13 heteroatoms. The Hall–Kier alpha value is -4.62. The Morgan fingerprint density at radius 3 is 2.55 bits per heavy atom. The Balaban J connectivity index is 1.12. The number of aromatic nitrogens is 2. The zero-order chi connectivity index (χ0) is 30.8. The minimum atomic E-state index is -0.618. The van der Waals surface area contributed by atoms with Crippen molar-refractivity contribution in [1.82, 2.24) is 25.1 Å². The summed E-state index contributed by atoms with van der Waals surface area (Å²) in [5, 5.41) is 14.5. The second kappa shape index (κ2) is 12.5. The molecule has 0 bridgehead atoms. The maximum Gasteiger partial charge on any atom is 0.319 e. The van der Waals surface area contributed by atoms with Gasteiger partial charge in [-0.25, -0.2) is 9.18 Å². The Morgan fingerprint density at radius 1 is 1.07 bits per heavy atom. The summed E-state index contributed by atoms with van der Waals surface area (Å²) in [5.74, 6) is -0.627. The first-order valence-electron chi connectivity index (χ1n) is 14.3. The van der Waals surface area contributed by atoms with Gasteiger partial charge in [-0.3, -0.25) is 19.6 Å². The van der Waals surface area contributed by atoms with Crippen molar-refractivity contribution in [2.24, 2.45) is 0 Å². The van der Waals surface area contributed by atoms with E-state index in [2.05, 4.69) is 20.6 Å². The number of likely N-dealkylation sites (N-methyl/N-ethyl adjacent to an activating group) is 1. The van der Waals surface area contributed by atoms with Crippen LogP contribution in [-0.2, 0) is 4.79 Å². The molecular weight excluding hydrogens is 587 g/mol. The predicted molar refractivity (Wildman–Crippen MR) is 163 cm³/mol. The van der Waals surface area contributed by atoms with E-state index in [0.29, 0.717) is 58.8 Å². The summed E-state index contributed by atoms with van der Waals surface area (Å²) in [6.45, 7) is 0.494. The lowest BCUT2D eigenvalue weighted by atomic mass is 10.0. The number of likely N-dealkylation sites (tertiary alicyclic amines) is 1. The molecule has 0 radical (unpaired) electrons. The SMILES string of the molecule is CN(C(=O)CO)C1CCN(C(=O)c2ccc(-c3cc4nccc(Oc5ccc(NC(=O)NC6CC6)cc5F)c4s3)nc2)CC1. The molecule has 1 saturated carbocycles. The summed E-state index contributed by atoms with van der Waals surface area (Å²) in [6, 6.07) is 11.1. The Bertz CT molecular complexity index is 1700. The van der Waals surface area contributed by atoms with Crippen molar-refractivity contribution in [2.75, 3.05) is 32.1 Å². The van der Waals surface area contributed by atoms with Crippen LogP contribution in [0.3, 0.4) is 0 Å². The lowest BCUT2D eigenvalue weighted by Gasteiger charge is -2.36. The summed E-state index contributed by atoms with van der Waals surface area (Å²) < 4.78 is 21.5. The highest BCUT2D eigenvalue weighted by Crippen LogP contribution is 2.39. The predicted octanol–water partition coefficient (Wildman–Crippen LogP) is 4.63. The molecule has 1 saturated heterocycles. The number of nitrogens with zero attached hydrogens (tertiary/aromatic N) is 4. The number of pyridine rings is 2. The number of aliphatic hydroxyl groups excluding tert-OH is 1. The topological polar surface area (TPSA) is 137 Å². The Morgan fingerprint density at radius 2 is 1.86 bits per heavy atom. The van der Waals surface area contributed by atoms with E-state index >= 15 is 0 Å². The van der Waals surface area contributed by atoms with Crippen molar-refractivity contribution in [2.45, 2.75) is 37.8 Å². The van der Waals surface area contributed by atoms with Gasteiger partial charge in [-0.15, -0.1) is 11.3 Å². The first kappa shape index (κ1) is 29.5. The molecule has 0 spiro atoms. The average molecular weight is 619 g/mol. The fraction of sp³-hybridized carbons (Fsp3) is 0.323. The number of ether oxygens (including phenoxy) is 1. The van der Waals surface area contributed by atoms with Crippen LogP contribution >= 0.6 is 11.3 Å². The number of hydrogen-bond donors (Lipinski definition) is 3. The number of thiophene rings is 1. The Labute approximate surface area is 256 Å². The second-order valence-corrected chi connectivity index (χ2v) is 11.9. The van der Waals surface area contributed by atoms with Crippen molar-refractivity contribution in [1.29, 1.82) is 0 Å². The molecule has 1 aliphatic heterocycles. The van der Waals surface area contributed by atoms with Crippen LogP contribution in [0.25, 0.3) is 20.8 Å². The molecule has 4 amide bonds. The lowest BCUT2D eigenvalue weighted by molar-refractivity contribution is -0.135. The number of halogens is 1. The third-order valence-electron chi connectivity index (χ3n) is 7.79. The molecule has 4 aromatic rings. The molecular formula is C31H31FN6O5S. The minimum absolute atomic E-state index is 0.00710. The van der Waals surface area contributed by atoms with Gasteiger partial charge >= 0.3 is 6.03 Å². The first-order valence-corrected chi connectivity index (χ1v) is 15.2. The fourth-order valence-electron chi connectivity index (χ4n) is 5.10. The molecule has 11 nitrogen and oxygen atoms in total. The third-order valence-corrected chi connectivity index (χ3v) is 8.95. The van der Waals surface area contributed by atoms with Gasteiger partial charge in [-0.05, 0) is 56.0 Å². The Kier molecular flexibility index (Phi) is 8.40. The molecule has 6 rings (SSSR count). The van der Waals surface area contributed by atoms with Gasteiger partial charge in [-0.1, -0.05) is 0 Å². The van der Waals surface area contributed by atoms with Crippen molar-refractivity contribution in [3.05, 3.63) is 66.2 Å². The number of piperidine rings is 1. The van der Waals surface area contributed by atoms with E-state index in [-0.39, 0.29) is 35.7 Å². The number of carbonyl (C=O) groups is 3. The number of nitrogens with one attached hydrogen (secondary N) is 2. The quantitative estimate of drug-likeness (QED) is 0.262. The van der Waals surface area contributed by atoms with Crippen molar-refractivity contribution >= 4 is 45.1 Å². The van der Waals surface area contributed by atoms with E-state index in [1.54, 1.807) is 53.5 Å². The van der Waals surface area contributed by atoms with Crippen LogP contribution in [0.5, 0.6) is 11.5 Å². The molecule has 1 aromatic carbocycles. The van der Waals surface area contributed by atoms with Crippen LogP contribution in [0, 0.1) is 5.82 Å². The van der Waals surface area contributed by atoms with Crippen molar-refractivity contribution in [3.63, 3.8) is 0 Å². The van der Waals surface area contributed by atoms with Gasteiger partial charge in [0.05, 0.1) is 26.4 Å². The number of aliphatic hydroxyl groups is 1. The monoisotopic (exact) mass is 618 g/mol. The van der Waals surface area contributed by atoms with Gasteiger partial charge in [0, 0.05) is 62.4 Å². The molecule has 3 aromatic heterocycles. The van der Waals surface area contributed by atoms with Gasteiger partial charge in [0.25, 0.3) is 5.91 Å². The molecule has 0 atom stereocenters. The number of rotatable bonds is 8. The molecule has 3 N–H and O–H groups in total.